The van der Waals surface area contributed by atoms with E-state index in [9.17, 15) is 4.79 Å². The zero-order chi connectivity index (χ0) is 26.9. The fourth-order valence-corrected chi connectivity index (χ4v) is 4.28. The molecule has 0 fully saturated rings. The number of carboxylic acid groups (broad SMARTS) is 1. The average molecular weight is 524 g/mol. The summed E-state index contributed by atoms with van der Waals surface area (Å²) in [5.41, 5.74) is 4.57. The standard InChI is InChI=1S/C32H29NO6/c34-32(35)17-26-21-38-31-18-28(15-16-29(26)31)36-19-24-11-13-27(14-12-24)37-22-30(25-9-5-2-6-10-25)33-39-20-23-7-3-1-4-8-23/h1-16,18,26H,17,19-22H2,(H,34,35). The van der Waals surface area contributed by atoms with E-state index in [4.69, 9.17) is 24.2 Å². The molecule has 0 aromatic heterocycles. The highest BCUT2D eigenvalue weighted by Crippen LogP contribution is 2.38. The first kappa shape index (κ1) is 25.9. The van der Waals surface area contributed by atoms with Crippen molar-refractivity contribution in [1.82, 2.24) is 0 Å². The van der Waals surface area contributed by atoms with Gasteiger partial charge in [-0.25, -0.2) is 0 Å². The highest BCUT2D eigenvalue weighted by atomic mass is 16.6. The molecular formula is C32H29NO6. The van der Waals surface area contributed by atoms with Gasteiger partial charge < -0.3 is 24.2 Å². The first-order chi connectivity index (χ1) is 19.1. The normalized spacial score (nSPS) is 14.3. The molecule has 1 unspecified atom stereocenters. The van der Waals surface area contributed by atoms with Crippen molar-refractivity contribution in [2.45, 2.75) is 25.6 Å². The summed E-state index contributed by atoms with van der Waals surface area (Å²) in [7, 11) is 0. The molecule has 0 saturated carbocycles. The van der Waals surface area contributed by atoms with Crippen molar-refractivity contribution in [2.75, 3.05) is 13.2 Å². The van der Waals surface area contributed by atoms with Gasteiger partial charge in [-0.15, -0.1) is 0 Å². The number of carboxylic acids is 1. The van der Waals surface area contributed by atoms with E-state index in [2.05, 4.69) is 5.16 Å². The lowest BCUT2D eigenvalue weighted by molar-refractivity contribution is -0.137. The molecule has 7 heteroatoms. The van der Waals surface area contributed by atoms with E-state index in [1.807, 2.05) is 103 Å². The quantitative estimate of drug-likeness (QED) is 0.175. The fourth-order valence-electron chi connectivity index (χ4n) is 4.28. The van der Waals surface area contributed by atoms with Crippen molar-refractivity contribution >= 4 is 11.7 Å². The minimum absolute atomic E-state index is 0.0566. The van der Waals surface area contributed by atoms with Crippen LogP contribution in [0.2, 0.25) is 0 Å². The van der Waals surface area contributed by atoms with Crippen LogP contribution in [0, 0.1) is 0 Å². The zero-order valence-electron chi connectivity index (χ0n) is 21.4. The maximum atomic E-state index is 11.0. The van der Waals surface area contributed by atoms with Gasteiger partial charge in [-0.3, -0.25) is 4.79 Å². The number of oxime groups is 1. The van der Waals surface area contributed by atoms with E-state index < -0.39 is 5.97 Å². The average Bonchev–Trinajstić information content (AvgIpc) is 3.36. The van der Waals surface area contributed by atoms with Crippen LogP contribution < -0.4 is 14.2 Å². The first-order valence-corrected chi connectivity index (χ1v) is 12.8. The SMILES string of the molecule is O=C(O)CC1COc2cc(OCc3ccc(OCC(=NOCc4ccccc4)c4ccccc4)cc3)ccc21. The second-order valence-electron chi connectivity index (χ2n) is 9.19. The second kappa shape index (κ2) is 12.6. The third kappa shape index (κ3) is 7.17. The molecule has 39 heavy (non-hydrogen) atoms. The van der Waals surface area contributed by atoms with Gasteiger partial charge in [0.05, 0.1) is 13.0 Å². The number of fused-ring (bicyclic) bond motifs is 1. The third-order valence-corrected chi connectivity index (χ3v) is 6.35. The van der Waals surface area contributed by atoms with Gasteiger partial charge in [0, 0.05) is 23.1 Å². The van der Waals surface area contributed by atoms with Crippen molar-refractivity contribution in [3.63, 3.8) is 0 Å². The smallest absolute Gasteiger partial charge is 0.304 e. The molecular weight excluding hydrogens is 494 g/mol. The summed E-state index contributed by atoms with van der Waals surface area (Å²) in [5, 5.41) is 13.4. The summed E-state index contributed by atoms with van der Waals surface area (Å²) in [5.74, 6) is 1.11. The van der Waals surface area contributed by atoms with Crippen molar-refractivity contribution in [1.29, 1.82) is 0 Å². The Balaban J connectivity index is 1.15. The van der Waals surface area contributed by atoms with Crippen molar-refractivity contribution in [3.05, 3.63) is 125 Å². The molecule has 7 nitrogen and oxygen atoms in total. The number of rotatable bonds is 12. The summed E-state index contributed by atoms with van der Waals surface area (Å²) < 4.78 is 17.6. The molecule has 1 heterocycles. The molecule has 198 valence electrons. The zero-order valence-corrected chi connectivity index (χ0v) is 21.4. The van der Waals surface area contributed by atoms with Crippen LogP contribution in [0.15, 0.2) is 108 Å². The number of aliphatic carboxylic acids is 1. The Kier molecular flexibility index (Phi) is 8.38. The van der Waals surface area contributed by atoms with Gasteiger partial charge in [0.1, 0.15) is 42.8 Å². The third-order valence-electron chi connectivity index (χ3n) is 6.35. The first-order valence-electron chi connectivity index (χ1n) is 12.8. The number of benzene rings is 4. The van der Waals surface area contributed by atoms with Crippen LogP contribution in [0.4, 0.5) is 0 Å². The highest BCUT2D eigenvalue weighted by Gasteiger charge is 2.26. The molecule has 1 atom stereocenters. The molecule has 5 rings (SSSR count). The summed E-state index contributed by atoms with van der Waals surface area (Å²) in [6.45, 7) is 1.39. The van der Waals surface area contributed by atoms with Gasteiger partial charge >= 0.3 is 5.97 Å². The molecule has 0 bridgehead atoms. The predicted molar refractivity (Wildman–Crippen MR) is 147 cm³/mol. The van der Waals surface area contributed by atoms with E-state index in [1.54, 1.807) is 0 Å². The monoisotopic (exact) mass is 523 g/mol. The Morgan fingerprint density at radius 1 is 0.821 bits per heavy atom. The molecule has 0 radical (unpaired) electrons. The summed E-state index contributed by atoms with van der Waals surface area (Å²) in [6.07, 6.45) is 0.0566. The van der Waals surface area contributed by atoms with E-state index >= 15 is 0 Å². The Bertz CT molecular complexity index is 1400. The second-order valence-corrected chi connectivity index (χ2v) is 9.19. The summed E-state index contributed by atoms with van der Waals surface area (Å²) >= 11 is 0. The van der Waals surface area contributed by atoms with E-state index in [-0.39, 0.29) is 18.9 Å². The van der Waals surface area contributed by atoms with Crippen LogP contribution in [-0.4, -0.2) is 30.0 Å². The highest BCUT2D eigenvalue weighted by molar-refractivity contribution is 6.01. The van der Waals surface area contributed by atoms with Crippen LogP contribution in [0.25, 0.3) is 0 Å². The molecule has 0 amide bonds. The molecule has 1 aliphatic heterocycles. The van der Waals surface area contributed by atoms with E-state index in [1.165, 1.54) is 0 Å². The Morgan fingerprint density at radius 3 is 2.26 bits per heavy atom. The molecule has 0 saturated heterocycles. The maximum Gasteiger partial charge on any atom is 0.304 e. The molecule has 4 aromatic carbocycles. The molecule has 0 spiro atoms. The number of hydrogen-bond acceptors (Lipinski definition) is 6. The van der Waals surface area contributed by atoms with Crippen LogP contribution in [0.3, 0.4) is 0 Å². The number of nitrogens with zero attached hydrogens (tertiary/aromatic N) is 1. The molecule has 0 aliphatic carbocycles. The minimum atomic E-state index is -0.829. The fraction of sp³-hybridized carbons (Fsp3) is 0.188. The minimum Gasteiger partial charge on any atom is -0.492 e. The van der Waals surface area contributed by atoms with Gasteiger partial charge in [-0.05, 0) is 29.3 Å². The van der Waals surface area contributed by atoms with Crippen LogP contribution in [0.1, 0.15) is 34.6 Å². The number of carbonyl (C=O) groups is 1. The lowest BCUT2D eigenvalue weighted by atomic mass is 9.98. The molecule has 1 N–H and O–H groups in total. The van der Waals surface area contributed by atoms with Gasteiger partial charge in [-0.1, -0.05) is 84.0 Å². The van der Waals surface area contributed by atoms with Gasteiger partial charge in [0.25, 0.3) is 0 Å². The van der Waals surface area contributed by atoms with Crippen molar-refractivity contribution in [3.8, 4) is 17.2 Å². The predicted octanol–water partition coefficient (Wildman–Crippen LogP) is 6.22. The molecule has 4 aromatic rings. The number of hydrogen-bond donors (Lipinski definition) is 1. The van der Waals surface area contributed by atoms with Gasteiger partial charge in [-0.2, -0.15) is 0 Å². The van der Waals surface area contributed by atoms with Crippen LogP contribution in [-0.2, 0) is 22.8 Å². The Labute approximate surface area is 227 Å². The van der Waals surface area contributed by atoms with E-state index in [0.717, 1.165) is 22.3 Å². The lowest BCUT2D eigenvalue weighted by Gasteiger charge is -2.11. The van der Waals surface area contributed by atoms with Gasteiger partial charge in [0.15, 0.2) is 0 Å². The topological polar surface area (TPSA) is 86.6 Å². The summed E-state index contributed by atoms with van der Waals surface area (Å²) in [6, 6.07) is 33.0. The van der Waals surface area contributed by atoms with Crippen molar-refractivity contribution < 1.29 is 28.9 Å². The number of ether oxygens (including phenoxy) is 3. The van der Waals surface area contributed by atoms with Crippen molar-refractivity contribution in [2.24, 2.45) is 5.16 Å². The Morgan fingerprint density at radius 2 is 1.51 bits per heavy atom. The maximum absolute atomic E-state index is 11.0. The van der Waals surface area contributed by atoms with Crippen LogP contribution >= 0.6 is 0 Å². The summed E-state index contributed by atoms with van der Waals surface area (Å²) in [4.78, 5) is 16.7. The van der Waals surface area contributed by atoms with Gasteiger partial charge in [0.2, 0.25) is 0 Å². The van der Waals surface area contributed by atoms with Crippen LogP contribution in [0.5, 0.6) is 17.2 Å². The van der Waals surface area contributed by atoms with E-state index in [0.29, 0.717) is 42.8 Å². The largest absolute Gasteiger partial charge is 0.492 e. The Hall–Kier alpha value is -4.78. The lowest BCUT2D eigenvalue weighted by Crippen LogP contribution is -2.14. The molecule has 1 aliphatic rings.